The van der Waals surface area contributed by atoms with Crippen LogP contribution in [-0.4, -0.2) is 50.9 Å². The molecule has 0 unspecified atom stereocenters. The molecule has 3 amide bonds. The monoisotopic (exact) mass is 369 g/mol. The number of carboxylic acid groups (broad SMARTS) is 1. The van der Waals surface area contributed by atoms with Crippen molar-refractivity contribution in [2.45, 2.75) is 43.8 Å². The van der Waals surface area contributed by atoms with E-state index in [1.54, 1.807) is 0 Å². The van der Waals surface area contributed by atoms with Crippen molar-refractivity contribution in [3.63, 3.8) is 0 Å². The lowest BCUT2D eigenvalue weighted by Gasteiger charge is -2.41. The number of carbonyl (C=O) groups is 3. The fourth-order valence-corrected chi connectivity index (χ4v) is 3.49. The number of aromatic nitrogens is 1. The molecular weight excluding hydrogens is 352 g/mol. The highest BCUT2D eigenvalue weighted by atomic mass is 19.3. The first-order valence-corrected chi connectivity index (χ1v) is 7.92. The van der Waals surface area contributed by atoms with E-state index in [4.69, 9.17) is 10.9 Å². The van der Waals surface area contributed by atoms with Gasteiger partial charge in [-0.05, 0) is 18.9 Å². The van der Waals surface area contributed by atoms with Gasteiger partial charge in [0.25, 0.3) is 17.7 Å². The average molecular weight is 369 g/mol. The van der Waals surface area contributed by atoms with Gasteiger partial charge in [0.15, 0.2) is 0 Å². The largest absolute Gasteiger partial charge is 0.465 e. The fraction of sp³-hybridized carbons (Fsp3) is 0.467. The number of halogens is 2. The molecule has 26 heavy (non-hydrogen) atoms. The minimum atomic E-state index is -3.27. The molecule has 1 fully saturated rings. The molecule has 5 N–H and O–H groups in total. The van der Waals surface area contributed by atoms with E-state index in [1.807, 2.05) is 10.7 Å². The summed E-state index contributed by atoms with van der Waals surface area (Å²) in [5.74, 6) is 0.575. The quantitative estimate of drug-likeness (QED) is 0.347. The van der Waals surface area contributed by atoms with E-state index >= 15 is 0 Å². The first-order valence-electron chi connectivity index (χ1n) is 7.92. The Labute approximate surface area is 146 Å². The minimum Gasteiger partial charge on any atom is -0.465 e. The first kappa shape index (κ1) is 18.0. The van der Waals surface area contributed by atoms with E-state index in [9.17, 15) is 23.2 Å². The average Bonchev–Trinajstić information content (AvgIpc) is 2.91. The summed E-state index contributed by atoms with van der Waals surface area (Å²) in [6, 6.07) is -1.42. The van der Waals surface area contributed by atoms with Crippen molar-refractivity contribution in [2.75, 3.05) is 0 Å². The van der Waals surface area contributed by atoms with Gasteiger partial charge in [0.05, 0.1) is 29.4 Å². The molecule has 3 rings (SSSR count). The van der Waals surface area contributed by atoms with Crippen LogP contribution in [0.15, 0.2) is 12.3 Å². The van der Waals surface area contributed by atoms with Gasteiger partial charge in [-0.15, -0.1) is 0 Å². The second kappa shape index (κ2) is 6.48. The molecule has 2 aliphatic rings. The summed E-state index contributed by atoms with van der Waals surface area (Å²) in [6.07, 6.45) is -0.408. The van der Waals surface area contributed by atoms with Crippen LogP contribution in [0.3, 0.4) is 0 Å². The maximum Gasteiger partial charge on any atom is 0.405 e. The molecular formula is C15H17F2N5O4. The first-order chi connectivity index (χ1) is 12.2. The lowest BCUT2D eigenvalue weighted by atomic mass is 9.86. The van der Waals surface area contributed by atoms with Crippen LogP contribution in [0.5, 0.6) is 0 Å². The van der Waals surface area contributed by atoms with E-state index < -0.39 is 42.3 Å². The van der Waals surface area contributed by atoms with Crippen molar-refractivity contribution in [3.8, 4) is 0 Å². The van der Waals surface area contributed by atoms with Crippen LogP contribution < -0.4 is 16.6 Å². The highest BCUT2D eigenvalue weighted by Crippen LogP contribution is 2.38. The Hall–Kier alpha value is -2.82. The second-order valence-electron chi connectivity index (χ2n) is 6.27. The highest BCUT2D eigenvalue weighted by molar-refractivity contribution is 6.01. The van der Waals surface area contributed by atoms with Crippen LogP contribution >= 0.6 is 0 Å². The number of pyridine rings is 1. The molecule has 1 aliphatic carbocycles. The zero-order chi connectivity index (χ0) is 19.1. The minimum absolute atomic E-state index is 0.0305. The molecule has 11 heteroatoms. The summed E-state index contributed by atoms with van der Waals surface area (Å²) in [7, 11) is 0. The topological polar surface area (TPSA) is 138 Å². The number of nitrogens with one attached hydrogen (secondary N) is 2. The Morgan fingerprint density at radius 3 is 2.81 bits per heavy atom. The number of hydrogen-bond donors (Lipinski definition) is 4. The lowest BCUT2D eigenvalue weighted by molar-refractivity contribution is -0.0877. The summed E-state index contributed by atoms with van der Waals surface area (Å²) in [6.45, 7) is -0.0305. The zero-order valence-corrected chi connectivity index (χ0v) is 13.5. The summed E-state index contributed by atoms with van der Waals surface area (Å²) >= 11 is 0. The van der Waals surface area contributed by atoms with Crippen molar-refractivity contribution in [2.24, 2.45) is 5.84 Å². The molecule has 1 saturated carbocycles. The molecule has 0 saturated heterocycles. The Morgan fingerprint density at radius 2 is 2.15 bits per heavy atom. The molecule has 2 atom stereocenters. The van der Waals surface area contributed by atoms with Gasteiger partial charge in [-0.25, -0.2) is 19.4 Å². The number of carbonyl (C=O) groups excluding carboxylic acids is 2. The van der Waals surface area contributed by atoms with Crippen LogP contribution in [-0.2, 0) is 6.54 Å². The third-order valence-electron chi connectivity index (χ3n) is 4.70. The van der Waals surface area contributed by atoms with Gasteiger partial charge >= 0.3 is 6.09 Å². The number of fused-ring (bicyclic) bond motifs is 1. The number of nitrogens with two attached hydrogens (primary N) is 1. The predicted molar refractivity (Wildman–Crippen MR) is 83.3 cm³/mol. The van der Waals surface area contributed by atoms with Gasteiger partial charge in [-0.1, -0.05) is 0 Å². The van der Waals surface area contributed by atoms with E-state index in [2.05, 4.69) is 4.98 Å². The Balaban J connectivity index is 1.90. The van der Waals surface area contributed by atoms with Crippen molar-refractivity contribution in [3.05, 3.63) is 29.1 Å². The lowest BCUT2D eigenvalue weighted by Crippen LogP contribution is -2.61. The molecule has 0 aromatic carbocycles. The van der Waals surface area contributed by atoms with Crippen molar-refractivity contribution in [1.29, 1.82) is 0 Å². The van der Waals surface area contributed by atoms with Crippen molar-refractivity contribution >= 4 is 17.9 Å². The fourth-order valence-electron chi connectivity index (χ4n) is 3.49. The Kier molecular flexibility index (Phi) is 4.48. The number of hydrogen-bond acceptors (Lipinski definition) is 5. The number of amides is 3. The van der Waals surface area contributed by atoms with Gasteiger partial charge in [-0.3, -0.25) is 20.0 Å². The molecule has 0 bridgehead atoms. The standard InChI is InChI=1S/C15H17F2N5O4/c16-15(17)3-1-2-10(11(15)20-14(25)26)22-6-9-8(13(22)24)4-7(5-19-9)12(23)21-18/h4-5,10-11,20H,1-3,6,18H2,(H,21,23)(H,25,26)/t10-,11+/m1/s1. The third-order valence-corrected chi connectivity index (χ3v) is 4.70. The summed E-state index contributed by atoms with van der Waals surface area (Å²) in [4.78, 5) is 40.5. The van der Waals surface area contributed by atoms with Gasteiger partial charge in [0, 0.05) is 12.6 Å². The summed E-state index contributed by atoms with van der Waals surface area (Å²) in [5.41, 5.74) is 2.45. The maximum atomic E-state index is 14.3. The molecule has 0 spiro atoms. The van der Waals surface area contributed by atoms with Gasteiger partial charge in [0.1, 0.15) is 6.04 Å². The second-order valence-corrected chi connectivity index (χ2v) is 6.27. The van der Waals surface area contributed by atoms with Crippen LogP contribution in [0.4, 0.5) is 13.6 Å². The van der Waals surface area contributed by atoms with Gasteiger partial charge < -0.3 is 15.3 Å². The van der Waals surface area contributed by atoms with Crippen LogP contribution in [0.1, 0.15) is 45.7 Å². The number of nitrogen functional groups attached to an aromatic ring is 1. The normalized spacial score (nSPS) is 24.1. The molecule has 140 valence electrons. The van der Waals surface area contributed by atoms with Crippen LogP contribution in [0.2, 0.25) is 0 Å². The third kappa shape index (κ3) is 3.05. The van der Waals surface area contributed by atoms with E-state index in [0.29, 0.717) is 5.69 Å². The molecule has 1 aromatic heterocycles. The van der Waals surface area contributed by atoms with Crippen molar-refractivity contribution < 1.29 is 28.3 Å². The molecule has 1 aliphatic heterocycles. The zero-order valence-electron chi connectivity index (χ0n) is 13.5. The summed E-state index contributed by atoms with van der Waals surface area (Å²) in [5, 5.41) is 10.8. The molecule has 2 heterocycles. The number of alkyl halides is 2. The smallest absolute Gasteiger partial charge is 0.405 e. The maximum absolute atomic E-state index is 14.3. The molecule has 9 nitrogen and oxygen atoms in total. The Bertz CT molecular complexity index is 772. The van der Waals surface area contributed by atoms with Crippen LogP contribution in [0.25, 0.3) is 0 Å². The van der Waals surface area contributed by atoms with Crippen LogP contribution in [0, 0.1) is 0 Å². The van der Waals surface area contributed by atoms with Gasteiger partial charge in [-0.2, -0.15) is 0 Å². The Morgan fingerprint density at radius 1 is 1.42 bits per heavy atom. The molecule has 0 radical (unpaired) electrons. The predicted octanol–water partition coefficient (Wildman–Crippen LogP) is 0.465. The van der Waals surface area contributed by atoms with E-state index in [-0.39, 0.29) is 30.5 Å². The summed E-state index contributed by atoms with van der Waals surface area (Å²) < 4.78 is 28.5. The van der Waals surface area contributed by atoms with Gasteiger partial charge in [0.2, 0.25) is 0 Å². The highest BCUT2D eigenvalue weighted by Gasteiger charge is 2.52. The number of rotatable bonds is 3. The molecule has 1 aromatic rings. The SMILES string of the molecule is NNC(=O)c1cnc2c(c1)C(=O)N([C@@H]1CCCC(F)(F)[C@H]1NC(=O)O)C2. The van der Waals surface area contributed by atoms with Crippen molar-refractivity contribution in [1.82, 2.24) is 20.6 Å². The number of nitrogens with zero attached hydrogens (tertiary/aromatic N) is 2. The van der Waals surface area contributed by atoms with E-state index in [0.717, 1.165) is 0 Å². The number of hydrazine groups is 1. The van der Waals surface area contributed by atoms with E-state index in [1.165, 1.54) is 17.2 Å².